The first kappa shape index (κ1) is 20.9. The molecule has 1 aliphatic heterocycles. The summed E-state index contributed by atoms with van der Waals surface area (Å²) in [6.07, 6.45) is 0.907. The van der Waals surface area contributed by atoms with Crippen LogP contribution in [0.5, 0.6) is 0 Å². The molecule has 3 amide bonds. The standard InChI is InChI=1S/C24H22Br2N2O3/c1-11-3-6-14(9-12(11)2)27-22(29)13-4-7-15(8-5-13)28-23(30)18-16-10-17(19(18)24(28)31)21(26)20(16)25/h3-9,16-21H,10H2,1-2H3,(H,27,29)/t16-,17-,18-,19+,20+,21+/m1/s1. The Balaban J connectivity index is 1.34. The molecule has 3 fully saturated rings. The first-order chi connectivity index (χ1) is 14.8. The van der Waals surface area contributed by atoms with Crippen molar-refractivity contribution in [3.63, 3.8) is 0 Å². The third-order valence-electron chi connectivity index (χ3n) is 7.14. The van der Waals surface area contributed by atoms with Crippen molar-refractivity contribution < 1.29 is 14.4 Å². The van der Waals surface area contributed by atoms with Crippen LogP contribution in [0.25, 0.3) is 0 Å². The van der Waals surface area contributed by atoms with Gasteiger partial charge in [-0.25, -0.2) is 0 Å². The zero-order valence-corrected chi connectivity index (χ0v) is 20.3. The highest BCUT2D eigenvalue weighted by Crippen LogP contribution is 2.60. The zero-order valence-electron chi connectivity index (χ0n) is 17.1. The molecule has 3 aliphatic rings. The van der Waals surface area contributed by atoms with E-state index in [9.17, 15) is 14.4 Å². The molecule has 0 spiro atoms. The molecule has 2 saturated carbocycles. The Labute approximate surface area is 197 Å². The van der Waals surface area contributed by atoms with Crippen LogP contribution in [0.1, 0.15) is 27.9 Å². The minimum Gasteiger partial charge on any atom is -0.322 e. The highest BCUT2D eigenvalue weighted by atomic mass is 79.9. The zero-order chi connectivity index (χ0) is 22.0. The summed E-state index contributed by atoms with van der Waals surface area (Å²) in [5, 5.41) is 2.90. The molecule has 2 aromatic carbocycles. The molecule has 1 N–H and O–H groups in total. The van der Waals surface area contributed by atoms with Gasteiger partial charge in [-0.2, -0.15) is 0 Å². The molecular weight excluding hydrogens is 524 g/mol. The molecule has 31 heavy (non-hydrogen) atoms. The Kier molecular flexibility index (Phi) is 5.09. The number of amides is 3. The predicted molar refractivity (Wildman–Crippen MR) is 127 cm³/mol. The summed E-state index contributed by atoms with van der Waals surface area (Å²) in [6, 6.07) is 12.5. The van der Waals surface area contributed by atoms with Gasteiger partial charge in [0.1, 0.15) is 0 Å². The molecule has 2 bridgehead atoms. The summed E-state index contributed by atoms with van der Waals surface area (Å²) < 4.78 is 0. The van der Waals surface area contributed by atoms with Gasteiger partial charge in [-0.1, -0.05) is 37.9 Å². The van der Waals surface area contributed by atoms with Crippen LogP contribution in [-0.2, 0) is 9.59 Å². The van der Waals surface area contributed by atoms with Crippen molar-refractivity contribution in [3.05, 3.63) is 59.2 Å². The number of carbonyl (C=O) groups excluding carboxylic acids is 3. The van der Waals surface area contributed by atoms with Crippen LogP contribution in [0, 0.1) is 37.5 Å². The molecule has 0 radical (unpaired) electrons. The number of carbonyl (C=O) groups is 3. The number of fused-ring (bicyclic) bond motifs is 5. The lowest BCUT2D eigenvalue weighted by Gasteiger charge is -2.28. The molecule has 5 rings (SSSR count). The summed E-state index contributed by atoms with van der Waals surface area (Å²) in [6.45, 7) is 4.03. The van der Waals surface area contributed by atoms with E-state index in [0.29, 0.717) is 11.3 Å². The van der Waals surface area contributed by atoms with Gasteiger partial charge < -0.3 is 5.32 Å². The van der Waals surface area contributed by atoms with E-state index >= 15 is 0 Å². The fourth-order valence-corrected chi connectivity index (χ4v) is 7.26. The predicted octanol–water partition coefficient (Wildman–Crippen LogP) is 4.84. The van der Waals surface area contributed by atoms with Crippen LogP contribution in [-0.4, -0.2) is 27.4 Å². The third-order valence-corrected chi connectivity index (χ3v) is 10.3. The minimum absolute atomic E-state index is 0.112. The monoisotopic (exact) mass is 544 g/mol. The molecule has 2 aliphatic carbocycles. The second-order valence-electron chi connectivity index (χ2n) is 8.82. The fourth-order valence-electron chi connectivity index (χ4n) is 5.39. The molecular formula is C24H22Br2N2O3. The second-order valence-corrected chi connectivity index (χ2v) is 10.9. The molecule has 2 aromatic rings. The maximum absolute atomic E-state index is 13.1. The Morgan fingerprint density at radius 1 is 0.903 bits per heavy atom. The quantitative estimate of drug-likeness (QED) is 0.443. The number of imide groups is 1. The normalized spacial score (nSPS) is 31.3. The van der Waals surface area contributed by atoms with Crippen molar-refractivity contribution in [2.75, 3.05) is 10.2 Å². The number of alkyl halides is 2. The van der Waals surface area contributed by atoms with Gasteiger partial charge in [-0.3, -0.25) is 19.3 Å². The molecule has 0 aromatic heterocycles. The van der Waals surface area contributed by atoms with Gasteiger partial charge in [0, 0.05) is 20.9 Å². The van der Waals surface area contributed by atoms with E-state index < -0.39 is 0 Å². The maximum atomic E-state index is 13.1. The lowest BCUT2D eigenvalue weighted by atomic mass is 9.81. The highest BCUT2D eigenvalue weighted by Gasteiger charge is 2.66. The largest absolute Gasteiger partial charge is 0.322 e. The Morgan fingerprint density at radius 3 is 2.03 bits per heavy atom. The Morgan fingerprint density at radius 2 is 1.48 bits per heavy atom. The second kappa shape index (κ2) is 7.55. The third kappa shape index (κ3) is 3.20. The van der Waals surface area contributed by atoms with Crippen molar-refractivity contribution in [2.45, 2.75) is 29.9 Å². The van der Waals surface area contributed by atoms with Crippen LogP contribution >= 0.6 is 31.9 Å². The van der Waals surface area contributed by atoms with E-state index in [-0.39, 0.29) is 51.0 Å². The number of hydrogen-bond donors (Lipinski definition) is 1. The molecule has 1 saturated heterocycles. The maximum Gasteiger partial charge on any atom is 0.255 e. The van der Waals surface area contributed by atoms with E-state index in [1.54, 1.807) is 24.3 Å². The van der Waals surface area contributed by atoms with Crippen LogP contribution in [0.3, 0.4) is 0 Å². The average Bonchev–Trinajstić information content (AvgIpc) is 3.36. The van der Waals surface area contributed by atoms with Crippen LogP contribution < -0.4 is 10.2 Å². The average molecular weight is 546 g/mol. The molecule has 7 heteroatoms. The smallest absolute Gasteiger partial charge is 0.255 e. The number of nitrogens with one attached hydrogen (secondary N) is 1. The summed E-state index contributed by atoms with van der Waals surface area (Å²) in [5.74, 6) is -0.579. The minimum atomic E-state index is -0.247. The number of aryl methyl sites for hydroxylation is 2. The summed E-state index contributed by atoms with van der Waals surface area (Å²) >= 11 is 7.42. The van der Waals surface area contributed by atoms with E-state index in [1.807, 2.05) is 32.0 Å². The van der Waals surface area contributed by atoms with Crippen molar-refractivity contribution in [3.8, 4) is 0 Å². The first-order valence-corrected chi connectivity index (χ1v) is 12.3. The van der Waals surface area contributed by atoms with E-state index in [1.165, 1.54) is 4.90 Å². The first-order valence-electron chi connectivity index (χ1n) is 10.4. The van der Waals surface area contributed by atoms with Crippen LogP contribution in [0.4, 0.5) is 11.4 Å². The number of nitrogens with zero attached hydrogens (tertiary/aromatic N) is 1. The van der Waals surface area contributed by atoms with E-state index in [2.05, 4.69) is 37.2 Å². The SMILES string of the molecule is Cc1ccc(NC(=O)c2ccc(N3C(=O)[C@@H]4[C@H]5C[C@@H]([C@H](Br)[C@H]5Br)[C@@H]4C3=O)cc2)cc1C. The van der Waals surface area contributed by atoms with Gasteiger partial charge in [0.05, 0.1) is 17.5 Å². The highest BCUT2D eigenvalue weighted by molar-refractivity contribution is 9.12. The number of hydrogen-bond acceptors (Lipinski definition) is 3. The Bertz CT molecular complexity index is 1070. The van der Waals surface area contributed by atoms with Crippen molar-refractivity contribution >= 4 is 61.0 Å². The summed E-state index contributed by atoms with van der Waals surface area (Å²) in [4.78, 5) is 40.7. The Hall–Kier alpha value is -1.99. The van der Waals surface area contributed by atoms with Gasteiger partial charge >= 0.3 is 0 Å². The molecule has 0 unspecified atom stereocenters. The number of rotatable bonds is 3. The van der Waals surface area contributed by atoms with Crippen LogP contribution in [0.15, 0.2) is 42.5 Å². The van der Waals surface area contributed by atoms with E-state index in [4.69, 9.17) is 0 Å². The van der Waals surface area contributed by atoms with Gasteiger partial charge in [0.15, 0.2) is 0 Å². The van der Waals surface area contributed by atoms with Gasteiger partial charge in [-0.15, -0.1) is 0 Å². The molecule has 5 nitrogen and oxygen atoms in total. The van der Waals surface area contributed by atoms with Crippen molar-refractivity contribution in [2.24, 2.45) is 23.7 Å². The number of benzene rings is 2. The van der Waals surface area contributed by atoms with E-state index in [0.717, 1.165) is 23.2 Å². The number of anilines is 2. The van der Waals surface area contributed by atoms with Gasteiger partial charge in [0.2, 0.25) is 11.8 Å². The summed E-state index contributed by atoms with van der Waals surface area (Å²) in [7, 11) is 0. The van der Waals surface area contributed by atoms with Gasteiger partial charge in [-0.05, 0) is 79.6 Å². The molecule has 1 heterocycles. The van der Waals surface area contributed by atoms with Crippen LogP contribution in [0.2, 0.25) is 0 Å². The van der Waals surface area contributed by atoms with Crippen molar-refractivity contribution in [1.82, 2.24) is 0 Å². The lowest BCUT2D eigenvalue weighted by Crippen LogP contribution is -2.37. The summed E-state index contributed by atoms with van der Waals surface area (Å²) in [5.41, 5.74) is 4.01. The lowest BCUT2D eigenvalue weighted by molar-refractivity contribution is -0.123. The van der Waals surface area contributed by atoms with Crippen molar-refractivity contribution in [1.29, 1.82) is 0 Å². The fraction of sp³-hybridized carbons (Fsp3) is 0.375. The molecule has 6 atom stereocenters. The molecule has 160 valence electrons. The number of halogens is 2. The topological polar surface area (TPSA) is 66.5 Å². The van der Waals surface area contributed by atoms with Gasteiger partial charge in [0.25, 0.3) is 5.91 Å².